The Balaban J connectivity index is 3.18. The van der Waals surface area contributed by atoms with Crippen LogP contribution in [0.15, 0.2) is 24.0 Å². The summed E-state index contributed by atoms with van der Waals surface area (Å²) in [6, 6.07) is 4.88. The Hall–Kier alpha value is -1.97. The van der Waals surface area contributed by atoms with Gasteiger partial charge in [-0.15, -0.1) is 0 Å². The molecule has 0 radical (unpaired) electrons. The molecule has 0 bridgehead atoms. The Bertz CT molecular complexity index is 481. The summed E-state index contributed by atoms with van der Waals surface area (Å²) in [5.74, 6) is -1.07. The van der Waals surface area contributed by atoms with Crippen molar-refractivity contribution in [3.63, 3.8) is 0 Å². The highest BCUT2D eigenvalue weighted by atomic mass is 16.5. The normalized spacial score (nSPS) is 12.3. The third kappa shape index (κ3) is 3.26. The van der Waals surface area contributed by atoms with E-state index in [9.17, 15) is 15.0 Å². The van der Waals surface area contributed by atoms with Gasteiger partial charge in [0.05, 0.1) is 7.11 Å². The third-order valence-electron chi connectivity index (χ3n) is 2.53. The fourth-order valence-corrected chi connectivity index (χ4v) is 1.57. The number of methoxy groups -OCH3 is 1. The van der Waals surface area contributed by atoms with Gasteiger partial charge in [-0.25, -0.2) is 4.79 Å². The molecule has 0 aliphatic rings. The zero-order valence-electron chi connectivity index (χ0n) is 11.0. The van der Waals surface area contributed by atoms with E-state index in [0.717, 1.165) is 5.56 Å². The maximum absolute atomic E-state index is 11.1. The summed E-state index contributed by atoms with van der Waals surface area (Å²) >= 11 is 0. The van der Waals surface area contributed by atoms with Gasteiger partial charge in [0.1, 0.15) is 5.75 Å². The van der Waals surface area contributed by atoms with E-state index < -0.39 is 11.7 Å². The molecule has 0 aliphatic heterocycles. The fraction of sp³-hybridized carbons (Fsp3) is 0.357. The van der Waals surface area contributed by atoms with Crippen molar-refractivity contribution in [2.24, 2.45) is 0 Å². The summed E-state index contributed by atoms with van der Waals surface area (Å²) in [5.41, 5.74) is 1.14. The zero-order chi connectivity index (χ0) is 13.9. The van der Waals surface area contributed by atoms with Crippen LogP contribution in [0, 0.1) is 0 Å². The van der Waals surface area contributed by atoms with Crippen LogP contribution in [0.4, 0.5) is 0 Å². The van der Waals surface area contributed by atoms with Crippen LogP contribution in [0.25, 0.3) is 6.08 Å². The average molecular weight is 250 g/mol. The summed E-state index contributed by atoms with van der Waals surface area (Å²) in [5, 5.41) is 19.2. The van der Waals surface area contributed by atoms with Crippen molar-refractivity contribution in [3.8, 4) is 5.75 Å². The molecule has 98 valence electrons. The largest absolute Gasteiger partial charge is 0.508 e. The molecule has 0 unspecified atom stereocenters. The topological polar surface area (TPSA) is 66.8 Å². The lowest BCUT2D eigenvalue weighted by atomic mass is 9.85. The first-order chi connectivity index (χ1) is 8.25. The number of rotatable bonds is 2. The minimum atomic E-state index is -0.791. The molecule has 0 spiro atoms. The summed E-state index contributed by atoms with van der Waals surface area (Å²) in [6.07, 6.45) is 1.31. The standard InChI is InChI=1S/C14H18O4/c1-14(2,3)10-7-9(5-6-11(10)15)8-12(16)13(17)18-4/h5-8,15-16H,1-4H3. The molecule has 1 aromatic carbocycles. The van der Waals surface area contributed by atoms with E-state index in [-0.39, 0.29) is 11.2 Å². The molecule has 0 fully saturated rings. The van der Waals surface area contributed by atoms with Crippen LogP contribution in [-0.4, -0.2) is 23.3 Å². The van der Waals surface area contributed by atoms with Gasteiger partial charge in [-0.3, -0.25) is 0 Å². The van der Waals surface area contributed by atoms with Gasteiger partial charge in [-0.05, 0) is 34.8 Å². The molecule has 0 aromatic heterocycles. The molecule has 0 atom stereocenters. The highest BCUT2D eigenvalue weighted by Crippen LogP contribution is 2.31. The SMILES string of the molecule is COC(=O)C(O)=Cc1ccc(O)c(C(C)(C)C)c1. The average Bonchev–Trinajstić information content (AvgIpc) is 2.29. The number of hydrogen-bond donors (Lipinski definition) is 2. The second-order valence-electron chi connectivity index (χ2n) is 5.05. The maximum atomic E-state index is 11.1. The van der Waals surface area contributed by atoms with Crippen LogP contribution in [-0.2, 0) is 14.9 Å². The second kappa shape index (κ2) is 5.12. The van der Waals surface area contributed by atoms with Gasteiger partial charge in [0.15, 0.2) is 0 Å². The lowest BCUT2D eigenvalue weighted by Crippen LogP contribution is -2.11. The first-order valence-electron chi connectivity index (χ1n) is 5.58. The van der Waals surface area contributed by atoms with Crippen molar-refractivity contribution in [1.82, 2.24) is 0 Å². The molecule has 0 amide bonds. The summed E-state index contributed by atoms with van der Waals surface area (Å²) in [6.45, 7) is 5.90. The van der Waals surface area contributed by atoms with E-state index in [1.54, 1.807) is 12.1 Å². The molecule has 18 heavy (non-hydrogen) atoms. The van der Waals surface area contributed by atoms with E-state index in [1.165, 1.54) is 19.3 Å². The van der Waals surface area contributed by atoms with Crippen molar-refractivity contribution in [3.05, 3.63) is 35.1 Å². The number of phenolic OH excluding ortho intramolecular Hbond substituents is 1. The van der Waals surface area contributed by atoms with Crippen LogP contribution in [0.3, 0.4) is 0 Å². The molecular weight excluding hydrogens is 232 g/mol. The minimum absolute atomic E-state index is 0.192. The highest BCUT2D eigenvalue weighted by molar-refractivity contribution is 5.90. The highest BCUT2D eigenvalue weighted by Gasteiger charge is 2.18. The summed E-state index contributed by atoms with van der Waals surface area (Å²) < 4.78 is 4.40. The molecule has 0 saturated heterocycles. The summed E-state index contributed by atoms with van der Waals surface area (Å²) in [4.78, 5) is 11.1. The molecule has 2 N–H and O–H groups in total. The quantitative estimate of drug-likeness (QED) is 0.481. The number of carbonyl (C=O) groups is 1. The molecule has 0 aliphatic carbocycles. The molecule has 0 saturated carbocycles. The van der Waals surface area contributed by atoms with Gasteiger partial charge in [-0.2, -0.15) is 0 Å². The smallest absolute Gasteiger partial charge is 0.373 e. The Kier molecular flexibility index (Phi) is 4.01. The van der Waals surface area contributed by atoms with Crippen LogP contribution < -0.4 is 0 Å². The molecule has 4 nitrogen and oxygen atoms in total. The number of aromatic hydroxyl groups is 1. The van der Waals surface area contributed by atoms with E-state index in [2.05, 4.69) is 4.74 Å². The molecule has 4 heteroatoms. The summed E-state index contributed by atoms with van der Waals surface area (Å²) in [7, 11) is 1.20. The lowest BCUT2D eigenvalue weighted by molar-refractivity contribution is -0.138. The Labute approximate surface area is 107 Å². The zero-order valence-corrected chi connectivity index (χ0v) is 11.0. The van der Waals surface area contributed by atoms with Gasteiger partial charge in [0.25, 0.3) is 0 Å². The Morgan fingerprint density at radius 3 is 2.44 bits per heavy atom. The van der Waals surface area contributed by atoms with Crippen molar-refractivity contribution in [1.29, 1.82) is 0 Å². The minimum Gasteiger partial charge on any atom is -0.508 e. The van der Waals surface area contributed by atoms with E-state index in [1.807, 2.05) is 20.8 Å². The van der Waals surface area contributed by atoms with Crippen molar-refractivity contribution in [2.45, 2.75) is 26.2 Å². The predicted octanol–water partition coefficient (Wildman–Crippen LogP) is 2.76. The Morgan fingerprint density at radius 1 is 1.33 bits per heavy atom. The van der Waals surface area contributed by atoms with Gasteiger partial charge >= 0.3 is 5.97 Å². The van der Waals surface area contributed by atoms with Gasteiger partial charge < -0.3 is 14.9 Å². The number of benzene rings is 1. The number of aliphatic hydroxyl groups is 1. The van der Waals surface area contributed by atoms with Crippen molar-refractivity contribution in [2.75, 3.05) is 7.11 Å². The fourth-order valence-electron chi connectivity index (χ4n) is 1.57. The molecule has 1 rings (SSSR count). The molecule has 0 heterocycles. The van der Waals surface area contributed by atoms with Crippen LogP contribution in [0.2, 0.25) is 0 Å². The van der Waals surface area contributed by atoms with Crippen LogP contribution in [0.1, 0.15) is 31.9 Å². The van der Waals surface area contributed by atoms with E-state index in [4.69, 9.17) is 0 Å². The van der Waals surface area contributed by atoms with Gasteiger partial charge in [0.2, 0.25) is 5.76 Å². The first kappa shape index (κ1) is 14.1. The maximum Gasteiger partial charge on any atom is 0.373 e. The predicted molar refractivity (Wildman–Crippen MR) is 69.4 cm³/mol. The van der Waals surface area contributed by atoms with Gasteiger partial charge in [-0.1, -0.05) is 26.8 Å². The molecule has 1 aromatic rings. The first-order valence-corrected chi connectivity index (χ1v) is 5.58. The number of carbonyl (C=O) groups excluding carboxylic acids is 1. The molecular formula is C14H18O4. The monoisotopic (exact) mass is 250 g/mol. The number of esters is 1. The van der Waals surface area contributed by atoms with Gasteiger partial charge in [0, 0.05) is 0 Å². The number of aliphatic hydroxyl groups excluding tert-OH is 1. The van der Waals surface area contributed by atoms with Crippen molar-refractivity contribution < 1.29 is 19.7 Å². The second-order valence-corrected chi connectivity index (χ2v) is 5.05. The van der Waals surface area contributed by atoms with Crippen molar-refractivity contribution >= 4 is 12.0 Å². The third-order valence-corrected chi connectivity index (χ3v) is 2.53. The van der Waals surface area contributed by atoms with E-state index in [0.29, 0.717) is 5.56 Å². The number of hydrogen-bond acceptors (Lipinski definition) is 4. The van der Waals surface area contributed by atoms with Crippen LogP contribution >= 0.6 is 0 Å². The van der Waals surface area contributed by atoms with E-state index >= 15 is 0 Å². The lowest BCUT2D eigenvalue weighted by Gasteiger charge is -2.20. The Morgan fingerprint density at radius 2 is 1.94 bits per heavy atom. The number of ether oxygens (including phenoxy) is 1. The number of phenols is 1. The van der Waals surface area contributed by atoms with Crippen LogP contribution in [0.5, 0.6) is 5.75 Å².